The van der Waals surface area contributed by atoms with Gasteiger partial charge in [0.25, 0.3) is 0 Å². The fraction of sp³-hybridized carbons (Fsp3) is 0.417. The Hall–Kier alpha value is -3.06. The van der Waals surface area contributed by atoms with E-state index >= 15 is 0 Å². The molecule has 7 nitrogen and oxygen atoms in total. The van der Waals surface area contributed by atoms with E-state index in [1.54, 1.807) is 7.05 Å². The van der Waals surface area contributed by atoms with E-state index in [1.807, 2.05) is 36.4 Å². The van der Waals surface area contributed by atoms with E-state index in [4.69, 9.17) is 9.47 Å². The van der Waals surface area contributed by atoms with E-state index < -0.39 is 0 Å². The van der Waals surface area contributed by atoms with E-state index in [2.05, 4.69) is 40.0 Å². The molecule has 1 atom stereocenters. The van der Waals surface area contributed by atoms with Crippen LogP contribution in [0.25, 0.3) is 0 Å². The first-order valence-electron chi connectivity index (χ1n) is 10.8. The Kier molecular flexibility index (Phi) is 8.72. The molecule has 0 aromatic heterocycles. The molecule has 1 unspecified atom stereocenters. The fourth-order valence-corrected chi connectivity index (χ4v) is 3.37. The zero-order valence-corrected chi connectivity index (χ0v) is 18.3. The number of benzene rings is 2. The van der Waals surface area contributed by atoms with Crippen molar-refractivity contribution in [1.29, 1.82) is 0 Å². The molecule has 1 aliphatic rings. The summed E-state index contributed by atoms with van der Waals surface area (Å²) in [6.45, 7) is 4.68. The summed E-state index contributed by atoms with van der Waals surface area (Å²) in [5.74, 6) is 1.62. The number of guanidine groups is 1. The lowest BCUT2D eigenvalue weighted by atomic mass is 10.0. The number of anilines is 1. The SMILES string of the molecule is CN=C(NCCCOC(C)c1ccccc1)NCCOc1ccc2c(c1)CCC(=O)N2. The lowest BCUT2D eigenvalue weighted by Crippen LogP contribution is -2.39. The molecule has 2 aromatic rings. The number of nitrogens with one attached hydrogen (secondary N) is 3. The molecule has 7 heteroatoms. The third kappa shape index (κ3) is 7.29. The van der Waals surface area contributed by atoms with Crippen LogP contribution < -0.4 is 20.7 Å². The van der Waals surface area contributed by atoms with Crippen molar-refractivity contribution in [3.63, 3.8) is 0 Å². The molecule has 0 spiro atoms. The number of carbonyl (C=O) groups is 1. The maximum absolute atomic E-state index is 11.4. The second-order valence-electron chi connectivity index (χ2n) is 7.42. The van der Waals surface area contributed by atoms with Gasteiger partial charge < -0.3 is 25.4 Å². The van der Waals surface area contributed by atoms with Crippen molar-refractivity contribution < 1.29 is 14.3 Å². The molecule has 1 heterocycles. The Labute approximate surface area is 184 Å². The molecular weight excluding hydrogens is 392 g/mol. The number of hydrogen-bond donors (Lipinski definition) is 3. The standard InChI is InChI=1S/C24H32N4O3/c1-18(19-7-4-3-5-8-19)30-15-6-13-26-24(25-2)27-14-16-31-21-10-11-22-20(17-21)9-12-23(29)28-22/h3-5,7-8,10-11,17-18H,6,9,12-16H2,1-2H3,(H,28,29)(H2,25,26,27). The summed E-state index contributed by atoms with van der Waals surface area (Å²) in [4.78, 5) is 15.7. The Bertz CT molecular complexity index is 870. The normalized spacial score (nSPS) is 14.4. The van der Waals surface area contributed by atoms with E-state index in [-0.39, 0.29) is 12.0 Å². The molecular formula is C24H32N4O3. The van der Waals surface area contributed by atoms with Crippen molar-refractivity contribution in [3.05, 3.63) is 59.7 Å². The lowest BCUT2D eigenvalue weighted by Gasteiger charge is -2.18. The maximum atomic E-state index is 11.4. The molecule has 1 amide bonds. The minimum atomic E-state index is 0.0709. The van der Waals surface area contributed by atoms with Crippen molar-refractivity contribution >= 4 is 17.6 Å². The van der Waals surface area contributed by atoms with Gasteiger partial charge >= 0.3 is 0 Å². The van der Waals surface area contributed by atoms with E-state index in [0.29, 0.717) is 26.2 Å². The van der Waals surface area contributed by atoms with Gasteiger partial charge in [-0.1, -0.05) is 30.3 Å². The van der Waals surface area contributed by atoms with Gasteiger partial charge in [-0.15, -0.1) is 0 Å². The van der Waals surface area contributed by atoms with E-state index in [1.165, 1.54) is 5.56 Å². The highest BCUT2D eigenvalue weighted by Gasteiger charge is 2.15. The van der Waals surface area contributed by atoms with Gasteiger partial charge in [0.15, 0.2) is 5.96 Å². The van der Waals surface area contributed by atoms with E-state index in [0.717, 1.165) is 42.3 Å². The van der Waals surface area contributed by atoms with Crippen molar-refractivity contribution in [3.8, 4) is 5.75 Å². The average Bonchev–Trinajstić information content (AvgIpc) is 2.80. The van der Waals surface area contributed by atoms with Gasteiger partial charge in [0, 0.05) is 32.3 Å². The fourth-order valence-electron chi connectivity index (χ4n) is 3.37. The van der Waals surface area contributed by atoms with Crippen LogP contribution in [0, 0.1) is 0 Å². The van der Waals surface area contributed by atoms with Crippen LogP contribution in [-0.4, -0.2) is 45.2 Å². The largest absolute Gasteiger partial charge is 0.492 e. The summed E-state index contributed by atoms with van der Waals surface area (Å²) in [7, 11) is 1.75. The van der Waals surface area contributed by atoms with Crippen LogP contribution in [-0.2, 0) is 16.0 Å². The first kappa shape index (κ1) is 22.6. The van der Waals surface area contributed by atoms with Crippen molar-refractivity contribution in [1.82, 2.24) is 10.6 Å². The lowest BCUT2D eigenvalue weighted by molar-refractivity contribution is -0.116. The maximum Gasteiger partial charge on any atom is 0.224 e. The monoisotopic (exact) mass is 424 g/mol. The zero-order valence-electron chi connectivity index (χ0n) is 18.3. The summed E-state index contributed by atoms with van der Waals surface area (Å²) in [6.07, 6.45) is 2.26. The molecule has 31 heavy (non-hydrogen) atoms. The van der Waals surface area contributed by atoms with Crippen LogP contribution in [0.2, 0.25) is 0 Å². The van der Waals surface area contributed by atoms with Gasteiger partial charge in [-0.05, 0) is 49.1 Å². The van der Waals surface area contributed by atoms with Gasteiger partial charge in [0.2, 0.25) is 5.91 Å². The average molecular weight is 425 g/mol. The quantitative estimate of drug-likeness (QED) is 0.310. The Morgan fingerprint density at radius 2 is 1.90 bits per heavy atom. The molecule has 2 aromatic carbocycles. The number of nitrogens with zero attached hydrogens (tertiary/aromatic N) is 1. The second-order valence-corrected chi connectivity index (χ2v) is 7.42. The van der Waals surface area contributed by atoms with Crippen LogP contribution in [0.15, 0.2) is 53.5 Å². The minimum Gasteiger partial charge on any atom is -0.492 e. The van der Waals surface area contributed by atoms with Crippen LogP contribution in [0.1, 0.15) is 37.0 Å². The number of fused-ring (bicyclic) bond motifs is 1. The molecule has 0 aliphatic carbocycles. The molecule has 0 saturated heterocycles. The number of aliphatic imine (C=N–C) groups is 1. The van der Waals surface area contributed by atoms with Gasteiger partial charge in [-0.3, -0.25) is 9.79 Å². The molecule has 1 aliphatic heterocycles. The van der Waals surface area contributed by atoms with E-state index in [9.17, 15) is 4.79 Å². The van der Waals surface area contributed by atoms with Gasteiger partial charge in [-0.2, -0.15) is 0 Å². The number of hydrogen-bond acceptors (Lipinski definition) is 4. The van der Waals surface area contributed by atoms with Gasteiger partial charge in [0.05, 0.1) is 12.6 Å². The van der Waals surface area contributed by atoms with Gasteiger partial charge in [0.1, 0.15) is 12.4 Å². The first-order valence-corrected chi connectivity index (χ1v) is 10.8. The molecule has 3 rings (SSSR count). The topological polar surface area (TPSA) is 84.0 Å². The first-order chi connectivity index (χ1) is 15.2. The number of amides is 1. The summed E-state index contributed by atoms with van der Waals surface area (Å²) >= 11 is 0. The Balaban J connectivity index is 1.28. The molecule has 0 radical (unpaired) electrons. The molecule has 3 N–H and O–H groups in total. The summed E-state index contributed by atoms with van der Waals surface area (Å²) < 4.78 is 11.7. The number of carbonyl (C=O) groups excluding carboxylic acids is 1. The molecule has 0 fully saturated rings. The predicted octanol–water partition coefficient (Wildman–Crippen LogP) is 3.28. The van der Waals surface area contributed by atoms with Crippen molar-refractivity contribution in [2.45, 2.75) is 32.3 Å². The number of aryl methyl sites for hydroxylation is 1. The second kappa shape index (κ2) is 12.0. The molecule has 0 saturated carbocycles. The number of ether oxygens (including phenoxy) is 2. The van der Waals surface area contributed by atoms with Crippen LogP contribution in [0.5, 0.6) is 5.75 Å². The van der Waals surface area contributed by atoms with Crippen LogP contribution in [0.3, 0.4) is 0 Å². The Morgan fingerprint density at radius 1 is 1.10 bits per heavy atom. The predicted molar refractivity (Wildman–Crippen MR) is 124 cm³/mol. The third-order valence-corrected chi connectivity index (χ3v) is 5.11. The highest BCUT2D eigenvalue weighted by atomic mass is 16.5. The molecule has 0 bridgehead atoms. The van der Waals surface area contributed by atoms with Crippen molar-refractivity contribution in [2.24, 2.45) is 4.99 Å². The number of rotatable bonds is 10. The minimum absolute atomic E-state index is 0.0709. The van der Waals surface area contributed by atoms with Crippen LogP contribution >= 0.6 is 0 Å². The van der Waals surface area contributed by atoms with Crippen molar-refractivity contribution in [2.75, 3.05) is 38.7 Å². The summed E-state index contributed by atoms with van der Waals surface area (Å²) in [5, 5.41) is 9.42. The summed E-state index contributed by atoms with van der Waals surface area (Å²) in [6, 6.07) is 16.0. The highest BCUT2D eigenvalue weighted by Crippen LogP contribution is 2.26. The summed E-state index contributed by atoms with van der Waals surface area (Å²) in [5.41, 5.74) is 3.19. The Morgan fingerprint density at radius 3 is 2.71 bits per heavy atom. The highest BCUT2D eigenvalue weighted by molar-refractivity contribution is 5.94. The van der Waals surface area contributed by atoms with Crippen LogP contribution in [0.4, 0.5) is 5.69 Å². The van der Waals surface area contributed by atoms with Gasteiger partial charge in [-0.25, -0.2) is 0 Å². The smallest absolute Gasteiger partial charge is 0.224 e. The molecule has 166 valence electrons. The third-order valence-electron chi connectivity index (χ3n) is 5.11. The zero-order chi connectivity index (χ0) is 21.9.